The zero-order chi connectivity index (χ0) is 86.8. The lowest BCUT2D eigenvalue weighted by Gasteiger charge is -2.32. The highest BCUT2D eigenvalue weighted by Gasteiger charge is 2.42. The largest absolute Gasteiger partial charge is 0.481 e. The fraction of sp³-hybridized carbons (Fsp3) is 0.615. The highest BCUT2D eigenvalue weighted by molar-refractivity contribution is 7.80. The summed E-state index contributed by atoms with van der Waals surface area (Å²) in [5, 5.41) is 227. The maximum Gasteiger partial charge on any atom is 0.327 e. The van der Waals surface area contributed by atoms with Crippen LogP contribution in [-0.2, 0) is 64.1 Å². The van der Waals surface area contributed by atoms with Gasteiger partial charge in [-0.15, -0.1) is 0 Å². The van der Waals surface area contributed by atoms with E-state index in [4.69, 9.17) is 5.73 Å². The van der Waals surface area contributed by atoms with Gasteiger partial charge in [-0.25, -0.2) is 14.8 Å². The zero-order valence-electron chi connectivity index (χ0n) is 61.3. The van der Waals surface area contributed by atoms with Gasteiger partial charge in [0.15, 0.2) is 11.2 Å². The Morgan fingerprint density at radius 2 is 0.791 bits per heavy atom. The van der Waals surface area contributed by atoms with Gasteiger partial charge in [0.05, 0.1) is 69.0 Å². The molecule has 1 unspecified atom stereocenters. The summed E-state index contributed by atoms with van der Waals surface area (Å²) in [6, 6.07) is -11.7. The van der Waals surface area contributed by atoms with Gasteiger partial charge in [-0.05, 0) is 56.9 Å². The molecular weight excluding hydrogens is 1570 g/mol. The maximum atomic E-state index is 14.3. The average molecular weight is 1670 g/mol. The van der Waals surface area contributed by atoms with Crippen LogP contribution in [0, 0.1) is 0 Å². The lowest BCUT2D eigenvalue weighted by molar-refractivity contribution is -0.142. The summed E-state index contributed by atoms with van der Waals surface area (Å²) < 4.78 is 0. The number of amides is 9. The summed E-state index contributed by atoms with van der Waals surface area (Å²) >= 11 is 3.80. The topological polar surface area (TPSA) is 844 Å². The Bertz CT molecular complexity index is 3820. The quantitative estimate of drug-likeness (QED) is 0.0233. The summed E-state index contributed by atoms with van der Waals surface area (Å²) in [5.74, 6) is -19.3. The van der Waals surface area contributed by atoms with Gasteiger partial charge >= 0.3 is 23.9 Å². The normalized spacial score (nSPS) is 17.0. The first kappa shape index (κ1) is 99.1. The molecule has 3 rings (SSSR count). The molecule has 0 spiro atoms. The Hall–Kier alpha value is -10.1. The minimum absolute atomic E-state index is 0.0289. The van der Waals surface area contributed by atoms with E-state index in [0.717, 1.165) is 0 Å². The van der Waals surface area contributed by atoms with E-state index in [1.807, 2.05) is 31.9 Å². The number of carboxylic acid groups (broad SMARTS) is 4. The number of aliphatic carboxylic acids is 4. The molecule has 0 saturated carbocycles. The van der Waals surface area contributed by atoms with Crippen LogP contribution in [0.5, 0.6) is 0 Å². The minimum atomic E-state index is -2.62. The number of nitrogens with one attached hydrogen (secondary N) is 11. The van der Waals surface area contributed by atoms with Crippen molar-refractivity contribution in [3.05, 3.63) is 52.1 Å². The molecule has 9 amide bonds. The summed E-state index contributed by atoms with van der Waals surface area (Å²) in [6.45, 7) is -3.50. The number of aliphatic hydroxyl groups excluding tert-OH is 16. The molecule has 1 aromatic carbocycles. The van der Waals surface area contributed by atoms with Crippen LogP contribution in [-0.4, -0.2) is 359 Å². The number of aliphatic hydroxyl groups is 16. The Morgan fingerprint density at radius 3 is 1.12 bits per heavy atom. The number of nitrogens with zero attached hydrogens (tertiary/aromatic N) is 3. The van der Waals surface area contributed by atoms with Crippen molar-refractivity contribution < 1.29 is 164 Å². The standard InChI is InChI=1S/C65H99N15O34S/c1-25(69-59(108)26-3-5-27(6-4-26)67-18-28-19-68-58-49(70-28)63(112)80-65(66)79-58)2-10-41(89)74-32(50(100)54(104)37(85)20-81)14-42(90)71-29(7-11-46(94)95)60(109)76-33(51(101)55(105)38(86)21-82)15-43(91)72-30(8-12-47(96)97)61(110)77-34(52(102)56(106)39(87)22-83)16-44(92)73-31(9-13-48(98)99)62(111)78-35(53(103)57(107)40(88)23-84)17-45(93)75-36(24-115)64(113)114/h3-6,19,25,29-40,50-57,67,81-88,100-107,115H,2,7-18,20-24H2,1H3,(H,69,108)(H,71,90)(H,72,91)(H,73,92)(H,74,89)(H,75,93)(H,76,109)(H,77,110)(H,78,111)(H,94,95)(H,96,97)(H,98,99)(H,113,114)(H3,66,68,79,80,112)/t25-,29+,30+,31+,32-,33-,34-,35-,36+,37-,38-,39-,40-,50-,51-,52-,53-,54-,55?,56-,57-/m1/s1. The van der Waals surface area contributed by atoms with Gasteiger partial charge in [0.25, 0.3) is 11.5 Å². The number of carboxylic acids is 4. The van der Waals surface area contributed by atoms with Crippen molar-refractivity contribution in [2.75, 3.05) is 43.2 Å². The third-order valence-electron chi connectivity index (χ3n) is 17.3. The molecule has 49 nitrogen and oxygen atoms in total. The maximum absolute atomic E-state index is 14.3. The Balaban J connectivity index is 1.92. The van der Waals surface area contributed by atoms with Crippen LogP contribution in [0.1, 0.15) is 100 Å². The average Bonchev–Trinajstić information content (AvgIpc) is 0.812. The highest BCUT2D eigenvalue weighted by Crippen LogP contribution is 2.19. The van der Waals surface area contributed by atoms with Crippen LogP contribution >= 0.6 is 12.6 Å². The van der Waals surface area contributed by atoms with Crippen LogP contribution < -0.4 is 64.5 Å². The number of fused-ring (bicyclic) bond motifs is 1. The lowest BCUT2D eigenvalue weighted by Crippen LogP contribution is -2.60. The Labute approximate surface area is 656 Å². The van der Waals surface area contributed by atoms with E-state index >= 15 is 0 Å². The van der Waals surface area contributed by atoms with Crippen LogP contribution in [0.15, 0.2) is 35.3 Å². The van der Waals surface area contributed by atoms with Gasteiger partial charge in [-0.1, -0.05) is 0 Å². The van der Waals surface area contributed by atoms with Gasteiger partial charge in [0.2, 0.25) is 53.2 Å². The molecule has 0 bridgehead atoms. The number of H-pyrrole nitrogens is 1. The second kappa shape index (κ2) is 48.9. The molecule has 33 N–H and O–H groups in total. The van der Waals surface area contributed by atoms with Crippen molar-refractivity contribution in [2.45, 2.75) is 218 Å². The second-order valence-corrected chi connectivity index (χ2v) is 26.8. The molecule has 0 aliphatic heterocycles. The molecule has 2 heterocycles. The SMILES string of the molecule is C[C@H](CCC(=O)N[C@H](CC(=O)N[C@@H](CCC(=O)O)C(=O)N[C@H](CC(=O)N[C@@H](CCC(=O)O)C(=O)N[C@H](CC(=O)N[C@@H](CCC(=O)O)C(=O)N[C@H](CC(=O)N[C@@H](CS)C(=O)O)[C@@H](O)[C@H](O)[C@H](O)CO)[C@@H](O)[C@H](O)[C@H](O)CO)[C@@H](O)C(O)[C@H](O)CO)[C@@H](O)[C@H](O)[C@H](O)CO)NC(=O)c1ccc(NCc2cnc3nc(N)[nH]c(=O)c3n2)cc1. The Morgan fingerprint density at radius 1 is 0.443 bits per heavy atom. The molecule has 0 aliphatic carbocycles. The third-order valence-corrected chi connectivity index (χ3v) is 17.7. The molecule has 0 saturated heterocycles. The first-order valence-electron chi connectivity index (χ1n) is 35.1. The van der Waals surface area contributed by atoms with Gasteiger partial charge in [-0.2, -0.15) is 17.6 Å². The first-order chi connectivity index (χ1) is 54.0. The van der Waals surface area contributed by atoms with E-state index in [-0.39, 0.29) is 35.6 Å². The number of thiol groups is 1. The molecule has 0 radical (unpaired) electrons. The predicted molar refractivity (Wildman–Crippen MR) is 389 cm³/mol. The number of nitrogens with two attached hydrogens (primary N) is 1. The summed E-state index contributed by atoms with van der Waals surface area (Å²) in [4.78, 5) is 198. The molecular formula is C65H99N15O34S. The van der Waals surface area contributed by atoms with Crippen LogP contribution in [0.2, 0.25) is 0 Å². The number of carbonyl (C=O) groups excluding carboxylic acids is 9. The minimum Gasteiger partial charge on any atom is -0.481 e. The van der Waals surface area contributed by atoms with Gasteiger partial charge < -0.3 is 161 Å². The number of nitrogen functional groups attached to an aromatic ring is 1. The smallest absolute Gasteiger partial charge is 0.327 e. The predicted octanol–water partition coefficient (Wildman–Crippen LogP) is -13.8. The van der Waals surface area contributed by atoms with Crippen molar-refractivity contribution in [1.82, 2.24) is 67.8 Å². The number of aromatic nitrogens is 4. The number of aromatic amines is 1. The number of anilines is 2. The number of hydrogen-bond acceptors (Lipinski definition) is 36. The third kappa shape index (κ3) is 33.3. The van der Waals surface area contributed by atoms with E-state index in [9.17, 15) is 169 Å². The fourth-order valence-corrected chi connectivity index (χ4v) is 11.0. The van der Waals surface area contributed by atoms with E-state index < -0.39 is 313 Å². The molecule has 0 aliphatic rings. The van der Waals surface area contributed by atoms with Crippen molar-refractivity contribution >= 4 is 112 Å². The molecule has 3 aromatic rings. The van der Waals surface area contributed by atoms with Crippen molar-refractivity contribution in [1.29, 1.82) is 0 Å². The number of hydrogen-bond donors (Lipinski definition) is 33. The van der Waals surface area contributed by atoms with Crippen molar-refractivity contribution in [3.8, 4) is 0 Å². The van der Waals surface area contributed by atoms with E-state index in [0.29, 0.717) is 11.4 Å². The van der Waals surface area contributed by atoms with Crippen molar-refractivity contribution in [3.63, 3.8) is 0 Å². The number of carbonyl (C=O) groups is 13. The molecule has 0 fully saturated rings. The van der Waals surface area contributed by atoms with E-state index in [1.165, 1.54) is 25.3 Å². The number of rotatable bonds is 54. The van der Waals surface area contributed by atoms with Crippen molar-refractivity contribution in [2.24, 2.45) is 0 Å². The van der Waals surface area contributed by atoms with Crippen LogP contribution in [0.25, 0.3) is 11.2 Å². The summed E-state index contributed by atoms with van der Waals surface area (Å²) in [7, 11) is 0. The van der Waals surface area contributed by atoms with E-state index in [2.05, 4.69) is 53.8 Å². The fourth-order valence-electron chi connectivity index (χ4n) is 10.8. The molecule has 50 heteroatoms. The van der Waals surface area contributed by atoms with Gasteiger partial charge in [0, 0.05) is 74.4 Å². The monoisotopic (exact) mass is 1670 g/mol. The molecule has 2 aromatic heterocycles. The zero-order valence-corrected chi connectivity index (χ0v) is 62.2. The Kier molecular flexibility index (Phi) is 42.1. The number of benzene rings is 1. The summed E-state index contributed by atoms with van der Waals surface area (Å²) in [5.41, 5.74) is 5.96. The summed E-state index contributed by atoms with van der Waals surface area (Å²) in [6.07, 6.45) is -39.0. The van der Waals surface area contributed by atoms with Crippen LogP contribution in [0.3, 0.4) is 0 Å². The molecule has 644 valence electrons. The lowest BCUT2D eigenvalue weighted by atomic mass is 9.96. The second-order valence-electron chi connectivity index (χ2n) is 26.4. The molecule has 21 atom stereocenters. The van der Waals surface area contributed by atoms with Gasteiger partial charge in [0.1, 0.15) is 97.4 Å². The van der Waals surface area contributed by atoms with Crippen LogP contribution in [0.4, 0.5) is 11.6 Å². The van der Waals surface area contributed by atoms with Gasteiger partial charge in [-0.3, -0.25) is 67.3 Å². The molecule has 115 heavy (non-hydrogen) atoms. The highest BCUT2D eigenvalue weighted by atomic mass is 32.1. The van der Waals surface area contributed by atoms with E-state index in [1.54, 1.807) is 12.1 Å². The first-order valence-corrected chi connectivity index (χ1v) is 35.8.